The zero-order valence-corrected chi connectivity index (χ0v) is 19.6. The SMILES string of the molecule is COc1ccc(Cl)cc1NC(=O)c1ccc2c(c1)C[C@@H](C)N2S(=O)(=O)c1ccc(Cl)cc1. The van der Waals surface area contributed by atoms with Gasteiger partial charge in [-0.05, 0) is 79.6 Å². The number of sulfonamides is 1. The van der Waals surface area contributed by atoms with Gasteiger partial charge in [-0.25, -0.2) is 8.42 Å². The number of carbonyl (C=O) groups is 1. The average molecular weight is 491 g/mol. The fourth-order valence-electron chi connectivity index (χ4n) is 3.80. The standard InChI is InChI=1S/C23H20Cl2N2O4S/c1-14-11-16-12-15(23(28)26-20-13-18(25)6-10-22(20)31-2)3-9-21(16)27(14)32(29,30)19-7-4-17(24)5-8-19/h3-10,12-14H,11H2,1-2H3,(H,26,28)/t14-/m1/s1. The summed E-state index contributed by atoms with van der Waals surface area (Å²) >= 11 is 11.9. The van der Waals surface area contributed by atoms with E-state index in [1.54, 1.807) is 48.5 Å². The first-order valence-corrected chi connectivity index (χ1v) is 12.0. The molecule has 0 fully saturated rings. The van der Waals surface area contributed by atoms with E-state index < -0.39 is 10.0 Å². The van der Waals surface area contributed by atoms with Crippen LogP contribution in [0.3, 0.4) is 0 Å². The maximum absolute atomic E-state index is 13.3. The van der Waals surface area contributed by atoms with Crippen LogP contribution in [0.5, 0.6) is 5.75 Å². The Balaban J connectivity index is 1.64. The van der Waals surface area contributed by atoms with Gasteiger partial charge in [0.1, 0.15) is 5.75 Å². The smallest absolute Gasteiger partial charge is 0.264 e. The van der Waals surface area contributed by atoms with Crippen LogP contribution in [0.2, 0.25) is 10.0 Å². The molecule has 0 saturated carbocycles. The molecule has 1 N–H and O–H groups in total. The van der Waals surface area contributed by atoms with Crippen LogP contribution < -0.4 is 14.4 Å². The number of anilines is 2. The second kappa shape index (κ2) is 8.65. The molecule has 1 aliphatic rings. The molecule has 6 nitrogen and oxygen atoms in total. The number of ether oxygens (including phenoxy) is 1. The van der Waals surface area contributed by atoms with Gasteiger partial charge < -0.3 is 10.1 Å². The fraction of sp³-hybridized carbons (Fsp3) is 0.174. The number of carbonyl (C=O) groups excluding carboxylic acids is 1. The highest BCUT2D eigenvalue weighted by Crippen LogP contribution is 2.38. The maximum atomic E-state index is 13.3. The van der Waals surface area contributed by atoms with Gasteiger partial charge in [-0.3, -0.25) is 9.10 Å². The molecule has 3 aromatic carbocycles. The van der Waals surface area contributed by atoms with Crippen molar-refractivity contribution in [2.75, 3.05) is 16.7 Å². The van der Waals surface area contributed by atoms with Crippen LogP contribution in [0, 0.1) is 0 Å². The van der Waals surface area contributed by atoms with Crippen molar-refractivity contribution < 1.29 is 17.9 Å². The van der Waals surface area contributed by atoms with Crippen LogP contribution >= 0.6 is 23.2 Å². The number of nitrogens with zero attached hydrogens (tertiary/aromatic N) is 1. The first-order chi connectivity index (χ1) is 15.2. The molecule has 1 heterocycles. The van der Waals surface area contributed by atoms with E-state index in [4.69, 9.17) is 27.9 Å². The highest BCUT2D eigenvalue weighted by molar-refractivity contribution is 7.92. The van der Waals surface area contributed by atoms with Crippen LogP contribution in [-0.2, 0) is 16.4 Å². The Bertz CT molecular complexity index is 1290. The van der Waals surface area contributed by atoms with Crippen molar-refractivity contribution in [1.29, 1.82) is 0 Å². The van der Waals surface area contributed by atoms with Crippen LogP contribution in [0.4, 0.5) is 11.4 Å². The largest absolute Gasteiger partial charge is 0.495 e. The molecule has 4 rings (SSSR count). The van der Waals surface area contributed by atoms with E-state index in [1.165, 1.54) is 23.5 Å². The third kappa shape index (κ3) is 4.16. The molecule has 0 unspecified atom stereocenters. The lowest BCUT2D eigenvalue weighted by Gasteiger charge is -2.24. The Hall–Kier alpha value is -2.74. The summed E-state index contributed by atoms with van der Waals surface area (Å²) in [6.45, 7) is 1.84. The number of rotatable bonds is 5. The number of hydrogen-bond acceptors (Lipinski definition) is 4. The van der Waals surface area contributed by atoms with Crippen molar-refractivity contribution in [2.24, 2.45) is 0 Å². The predicted molar refractivity (Wildman–Crippen MR) is 127 cm³/mol. The zero-order valence-electron chi connectivity index (χ0n) is 17.3. The molecule has 3 aromatic rings. The molecular formula is C23H20Cl2N2O4S. The number of halogens is 2. The lowest BCUT2D eigenvalue weighted by atomic mass is 10.1. The summed E-state index contributed by atoms with van der Waals surface area (Å²) in [7, 11) is -2.27. The first kappa shape index (κ1) is 22.5. The van der Waals surface area contributed by atoms with Crippen LogP contribution in [0.25, 0.3) is 0 Å². The minimum Gasteiger partial charge on any atom is -0.495 e. The molecular weight excluding hydrogens is 471 g/mol. The monoisotopic (exact) mass is 490 g/mol. The Kier molecular flexibility index (Phi) is 6.07. The maximum Gasteiger partial charge on any atom is 0.264 e. The Morgan fingerprint density at radius 2 is 1.72 bits per heavy atom. The van der Waals surface area contributed by atoms with Crippen molar-refractivity contribution in [3.8, 4) is 5.75 Å². The lowest BCUT2D eigenvalue weighted by Crippen LogP contribution is -2.35. The molecule has 0 spiro atoms. The summed E-state index contributed by atoms with van der Waals surface area (Å²) in [5, 5.41) is 3.73. The molecule has 0 saturated heterocycles. The van der Waals surface area contributed by atoms with Gasteiger partial charge in [0.15, 0.2) is 0 Å². The summed E-state index contributed by atoms with van der Waals surface area (Å²) in [5.74, 6) is 0.137. The third-order valence-electron chi connectivity index (χ3n) is 5.27. The number of hydrogen-bond donors (Lipinski definition) is 1. The zero-order chi connectivity index (χ0) is 23.0. The van der Waals surface area contributed by atoms with E-state index in [-0.39, 0.29) is 16.8 Å². The molecule has 1 aliphatic heterocycles. The minimum atomic E-state index is -3.77. The summed E-state index contributed by atoms with van der Waals surface area (Å²) in [4.78, 5) is 13.0. The molecule has 1 atom stereocenters. The molecule has 166 valence electrons. The summed E-state index contributed by atoms with van der Waals surface area (Å²) in [6, 6.07) is 15.7. The summed E-state index contributed by atoms with van der Waals surface area (Å²) in [6.07, 6.45) is 0.490. The van der Waals surface area contributed by atoms with E-state index in [2.05, 4.69) is 5.32 Å². The van der Waals surface area contributed by atoms with E-state index in [9.17, 15) is 13.2 Å². The van der Waals surface area contributed by atoms with Gasteiger partial charge in [0, 0.05) is 21.7 Å². The molecule has 0 aliphatic carbocycles. The summed E-state index contributed by atoms with van der Waals surface area (Å²) < 4.78 is 33.2. The predicted octanol–water partition coefficient (Wildman–Crippen LogP) is 5.39. The second-order valence-corrected chi connectivity index (χ2v) is 10.1. The minimum absolute atomic E-state index is 0.163. The van der Waals surface area contributed by atoms with E-state index in [0.717, 1.165) is 5.56 Å². The highest BCUT2D eigenvalue weighted by atomic mass is 35.5. The topological polar surface area (TPSA) is 75.7 Å². The van der Waals surface area contributed by atoms with Gasteiger partial charge in [-0.1, -0.05) is 23.2 Å². The van der Waals surface area contributed by atoms with Crippen molar-refractivity contribution in [1.82, 2.24) is 0 Å². The fourth-order valence-corrected chi connectivity index (χ4v) is 5.79. The normalized spacial score (nSPS) is 15.4. The average Bonchev–Trinajstić information content (AvgIpc) is 3.09. The first-order valence-electron chi connectivity index (χ1n) is 9.78. The summed E-state index contributed by atoms with van der Waals surface area (Å²) in [5.41, 5.74) is 2.19. The molecule has 9 heteroatoms. The second-order valence-electron chi connectivity index (χ2n) is 7.45. The Morgan fingerprint density at radius 1 is 1.03 bits per heavy atom. The highest BCUT2D eigenvalue weighted by Gasteiger charge is 2.36. The van der Waals surface area contributed by atoms with Crippen molar-refractivity contribution in [2.45, 2.75) is 24.3 Å². The van der Waals surface area contributed by atoms with E-state index in [0.29, 0.717) is 39.2 Å². The van der Waals surface area contributed by atoms with Gasteiger partial charge in [-0.2, -0.15) is 0 Å². The Morgan fingerprint density at radius 3 is 2.41 bits per heavy atom. The molecule has 1 amide bonds. The number of nitrogens with one attached hydrogen (secondary N) is 1. The van der Waals surface area contributed by atoms with E-state index in [1.807, 2.05) is 6.92 Å². The van der Waals surface area contributed by atoms with Crippen LogP contribution in [0.1, 0.15) is 22.8 Å². The van der Waals surface area contributed by atoms with Gasteiger partial charge in [0.25, 0.3) is 15.9 Å². The number of benzene rings is 3. The number of methoxy groups -OCH3 is 1. The molecule has 0 aromatic heterocycles. The molecule has 0 radical (unpaired) electrons. The number of fused-ring (bicyclic) bond motifs is 1. The van der Waals surface area contributed by atoms with Gasteiger partial charge in [0.2, 0.25) is 0 Å². The molecule has 0 bridgehead atoms. The van der Waals surface area contributed by atoms with Crippen LogP contribution in [-0.4, -0.2) is 27.5 Å². The van der Waals surface area contributed by atoms with Crippen molar-refractivity contribution in [3.05, 3.63) is 81.8 Å². The Labute approximate surface area is 196 Å². The lowest BCUT2D eigenvalue weighted by molar-refractivity contribution is 0.102. The van der Waals surface area contributed by atoms with Gasteiger partial charge >= 0.3 is 0 Å². The number of amides is 1. The van der Waals surface area contributed by atoms with Crippen molar-refractivity contribution >= 4 is 50.5 Å². The van der Waals surface area contributed by atoms with Crippen LogP contribution in [0.15, 0.2) is 65.6 Å². The third-order valence-corrected chi connectivity index (χ3v) is 7.70. The van der Waals surface area contributed by atoms with E-state index >= 15 is 0 Å². The van der Waals surface area contributed by atoms with Crippen molar-refractivity contribution in [3.63, 3.8) is 0 Å². The quantitative estimate of drug-likeness (QED) is 0.519. The van der Waals surface area contributed by atoms with Gasteiger partial charge in [-0.15, -0.1) is 0 Å². The molecule has 32 heavy (non-hydrogen) atoms. The van der Waals surface area contributed by atoms with Gasteiger partial charge in [0.05, 0.1) is 23.4 Å².